The van der Waals surface area contributed by atoms with Gasteiger partial charge in [-0.1, -0.05) is 0 Å². The fourth-order valence-corrected chi connectivity index (χ4v) is 3.28. The third-order valence-corrected chi connectivity index (χ3v) is 4.43. The number of thioether (sulfide) groups is 1. The van der Waals surface area contributed by atoms with Gasteiger partial charge in [0.05, 0.1) is 5.56 Å². The summed E-state index contributed by atoms with van der Waals surface area (Å²) >= 11 is 5.28. The van der Waals surface area contributed by atoms with E-state index in [1.54, 1.807) is 12.3 Å². The predicted octanol–water partition coefficient (Wildman–Crippen LogP) is 0.908. The average Bonchev–Trinajstić information content (AvgIpc) is 2.48. The van der Waals surface area contributed by atoms with E-state index >= 15 is 0 Å². The van der Waals surface area contributed by atoms with Crippen molar-refractivity contribution in [1.82, 2.24) is 15.2 Å². The molecule has 1 aliphatic heterocycles. The monoisotopic (exact) mass is 359 g/mol. The summed E-state index contributed by atoms with van der Waals surface area (Å²) in [6, 6.07) is 1.70. The van der Waals surface area contributed by atoms with E-state index in [0.29, 0.717) is 17.9 Å². The van der Waals surface area contributed by atoms with Crippen LogP contribution < -0.4 is 16.6 Å². The number of hydrogen-bond acceptors (Lipinski definition) is 6. The summed E-state index contributed by atoms with van der Waals surface area (Å²) in [7, 11) is 0. The lowest BCUT2D eigenvalue weighted by atomic mass is 10.2. The van der Waals surface area contributed by atoms with Crippen LogP contribution in [0.5, 0.6) is 0 Å². The van der Waals surface area contributed by atoms with Gasteiger partial charge in [-0.2, -0.15) is 11.8 Å². The Labute approximate surface area is 131 Å². The van der Waals surface area contributed by atoms with E-state index in [9.17, 15) is 4.79 Å². The summed E-state index contributed by atoms with van der Waals surface area (Å²) in [4.78, 5) is 18.5. The molecule has 0 spiro atoms. The number of hydrogen-bond donors (Lipinski definition) is 3. The van der Waals surface area contributed by atoms with Crippen molar-refractivity contribution in [2.24, 2.45) is 5.84 Å². The molecule has 1 aromatic rings. The third kappa shape index (κ3) is 4.34. The molecule has 1 aliphatic rings. The molecule has 1 fully saturated rings. The first-order valence-electron chi connectivity index (χ1n) is 6.41. The molecular weight excluding hydrogens is 342 g/mol. The van der Waals surface area contributed by atoms with Crippen molar-refractivity contribution in [2.45, 2.75) is 0 Å². The zero-order valence-electron chi connectivity index (χ0n) is 11.1. The molecule has 4 N–H and O–H groups in total. The number of halogens is 1. The molecule has 8 heteroatoms. The molecule has 1 amide bonds. The van der Waals surface area contributed by atoms with Gasteiger partial charge in [0.1, 0.15) is 0 Å². The maximum Gasteiger partial charge on any atom is 0.255 e. The predicted molar refractivity (Wildman–Crippen MR) is 85.8 cm³/mol. The number of carbonyl (C=O) groups excluding carboxylic acids is 1. The number of rotatable bonds is 5. The third-order valence-electron chi connectivity index (χ3n) is 3.05. The second-order valence-corrected chi connectivity index (χ2v) is 6.54. The standard InChI is InChI=1S/C12H18BrN5OS/c13-9-7-10(11(17-14)16-8-9)12(19)15-1-2-18-3-5-20-6-4-18/h7-8H,1-6,14H2,(H,15,19)(H,16,17). The van der Waals surface area contributed by atoms with Crippen molar-refractivity contribution in [2.75, 3.05) is 43.1 Å². The number of anilines is 1. The van der Waals surface area contributed by atoms with Crippen LogP contribution in [-0.4, -0.2) is 53.5 Å². The molecule has 0 atom stereocenters. The van der Waals surface area contributed by atoms with Crippen LogP contribution in [0.15, 0.2) is 16.7 Å². The first kappa shape index (κ1) is 15.6. The number of nitrogens with one attached hydrogen (secondary N) is 2. The molecule has 110 valence electrons. The number of hydrazine groups is 1. The topological polar surface area (TPSA) is 83.3 Å². The zero-order valence-corrected chi connectivity index (χ0v) is 13.5. The Morgan fingerprint density at radius 1 is 1.50 bits per heavy atom. The minimum atomic E-state index is -0.168. The summed E-state index contributed by atoms with van der Waals surface area (Å²) in [6.07, 6.45) is 1.59. The van der Waals surface area contributed by atoms with E-state index in [4.69, 9.17) is 5.84 Å². The van der Waals surface area contributed by atoms with E-state index in [1.807, 2.05) is 11.8 Å². The van der Waals surface area contributed by atoms with Crippen molar-refractivity contribution in [3.63, 3.8) is 0 Å². The van der Waals surface area contributed by atoms with Gasteiger partial charge in [0.2, 0.25) is 0 Å². The van der Waals surface area contributed by atoms with E-state index in [1.165, 1.54) is 11.5 Å². The maximum atomic E-state index is 12.1. The number of aromatic nitrogens is 1. The lowest BCUT2D eigenvalue weighted by Gasteiger charge is -2.26. The summed E-state index contributed by atoms with van der Waals surface area (Å²) < 4.78 is 0.745. The Morgan fingerprint density at radius 2 is 2.25 bits per heavy atom. The lowest BCUT2D eigenvalue weighted by Crippen LogP contribution is -2.39. The molecule has 1 aromatic heterocycles. The number of carbonyl (C=O) groups is 1. The summed E-state index contributed by atoms with van der Waals surface area (Å²) in [5, 5.41) is 2.90. The van der Waals surface area contributed by atoms with Gasteiger partial charge in [-0.3, -0.25) is 9.69 Å². The minimum absolute atomic E-state index is 0.168. The van der Waals surface area contributed by atoms with Gasteiger partial charge in [-0.15, -0.1) is 0 Å². The van der Waals surface area contributed by atoms with Crippen molar-refractivity contribution < 1.29 is 4.79 Å². The first-order chi connectivity index (χ1) is 9.70. The van der Waals surface area contributed by atoms with Crippen LogP contribution in [0.2, 0.25) is 0 Å². The van der Waals surface area contributed by atoms with Crippen molar-refractivity contribution >= 4 is 39.4 Å². The minimum Gasteiger partial charge on any atom is -0.351 e. The average molecular weight is 360 g/mol. The number of nitrogens with two attached hydrogens (primary N) is 1. The molecule has 2 heterocycles. The molecule has 2 rings (SSSR count). The first-order valence-corrected chi connectivity index (χ1v) is 8.36. The molecule has 0 unspecified atom stereocenters. The Morgan fingerprint density at radius 3 is 2.95 bits per heavy atom. The van der Waals surface area contributed by atoms with Crippen molar-refractivity contribution in [1.29, 1.82) is 0 Å². The van der Waals surface area contributed by atoms with E-state index in [0.717, 1.165) is 24.1 Å². The highest BCUT2D eigenvalue weighted by Crippen LogP contribution is 2.17. The number of nitrogens with zero attached hydrogens (tertiary/aromatic N) is 2. The van der Waals surface area contributed by atoms with E-state index < -0.39 is 0 Å². The number of nitrogen functional groups attached to an aromatic ring is 1. The Bertz CT molecular complexity index is 467. The molecule has 0 radical (unpaired) electrons. The molecule has 20 heavy (non-hydrogen) atoms. The van der Waals surface area contributed by atoms with Crippen LogP contribution in [0.1, 0.15) is 10.4 Å². The fraction of sp³-hybridized carbons (Fsp3) is 0.500. The normalized spacial score (nSPS) is 15.9. The van der Waals surface area contributed by atoms with Crippen LogP contribution in [0.25, 0.3) is 0 Å². The van der Waals surface area contributed by atoms with E-state index in [2.05, 4.69) is 36.6 Å². The summed E-state index contributed by atoms with van der Waals surface area (Å²) in [5.74, 6) is 7.92. The van der Waals surface area contributed by atoms with Gasteiger partial charge in [0.15, 0.2) is 5.82 Å². The van der Waals surface area contributed by atoms with Crippen LogP contribution in [0.3, 0.4) is 0 Å². The van der Waals surface area contributed by atoms with Crippen molar-refractivity contribution in [3.05, 3.63) is 22.3 Å². The fourth-order valence-electron chi connectivity index (χ4n) is 1.97. The van der Waals surface area contributed by atoms with Gasteiger partial charge in [0.25, 0.3) is 5.91 Å². The SMILES string of the molecule is NNc1ncc(Br)cc1C(=O)NCCN1CCSCC1. The smallest absolute Gasteiger partial charge is 0.255 e. The second-order valence-electron chi connectivity index (χ2n) is 4.40. The molecule has 0 aliphatic carbocycles. The highest BCUT2D eigenvalue weighted by Gasteiger charge is 2.14. The zero-order chi connectivity index (χ0) is 14.4. The van der Waals surface area contributed by atoms with Gasteiger partial charge in [-0.25, -0.2) is 10.8 Å². The molecule has 1 saturated heterocycles. The van der Waals surface area contributed by atoms with Crippen molar-refractivity contribution in [3.8, 4) is 0 Å². The summed E-state index contributed by atoms with van der Waals surface area (Å²) in [5.41, 5.74) is 2.88. The largest absolute Gasteiger partial charge is 0.351 e. The van der Waals surface area contributed by atoms with Crippen LogP contribution in [0.4, 0.5) is 5.82 Å². The van der Waals surface area contributed by atoms with Gasteiger partial charge in [-0.05, 0) is 22.0 Å². The van der Waals surface area contributed by atoms with Gasteiger partial charge in [0, 0.05) is 48.4 Å². The molecule has 0 aromatic carbocycles. The van der Waals surface area contributed by atoms with Gasteiger partial charge >= 0.3 is 0 Å². The highest BCUT2D eigenvalue weighted by molar-refractivity contribution is 9.10. The molecular formula is C12H18BrN5OS. The highest BCUT2D eigenvalue weighted by atomic mass is 79.9. The Hall–Kier alpha value is -0.830. The molecule has 6 nitrogen and oxygen atoms in total. The Balaban J connectivity index is 1.86. The van der Waals surface area contributed by atoms with Crippen LogP contribution in [-0.2, 0) is 0 Å². The second kappa shape index (κ2) is 7.82. The quantitative estimate of drug-likeness (QED) is 0.535. The number of amides is 1. The molecule has 0 saturated carbocycles. The van der Waals surface area contributed by atoms with E-state index in [-0.39, 0.29) is 5.91 Å². The van der Waals surface area contributed by atoms with Gasteiger partial charge < -0.3 is 10.7 Å². The van der Waals surface area contributed by atoms with Crippen LogP contribution in [0, 0.1) is 0 Å². The lowest BCUT2D eigenvalue weighted by molar-refractivity contribution is 0.0949. The number of pyridine rings is 1. The Kier molecular flexibility index (Phi) is 6.08. The van der Waals surface area contributed by atoms with Crippen LogP contribution >= 0.6 is 27.7 Å². The maximum absolute atomic E-state index is 12.1. The summed E-state index contributed by atoms with van der Waals surface area (Å²) in [6.45, 7) is 3.68. The molecule has 0 bridgehead atoms.